The van der Waals surface area contributed by atoms with E-state index >= 15 is 0 Å². The molecule has 1 unspecified atom stereocenters. The van der Waals surface area contributed by atoms with E-state index < -0.39 is 6.10 Å². The molecule has 1 nitrogen and oxygen atoms in total. The van der Waals surface area contributed by atoms with Crippen LogP contribution in [-0.2, 0) is 5.41 Å². The van der Waals surface area contributed by atoms with Crippen LogP contribution in [-0.4, -0.2) is 5.11 Å². The zero-order chi connectivity index (χ0) is 14.2. The van der Waals surface area contributed by atoms with E-state index in [9.17, 15) is 5.11 Å². The number of rotatable bonds is 3. The van der Waals surface area contributed by atoms with Crippen LogP contribution in [0.1, 0.15) is 36.5 Å². The van der Waals surface area contributed by atoms with Gasteiger partial charge in [-0.15, -0.1) is 0 Å². The lowest BCUT2D eigenvalue weighted by Gasteiger charge is -2.46. The summed E-state index contributed by atoms with van der Waals surface area (Å²) in [6, 6.07) is 15.6. The fraction of sp³-hybridized carbons (Fsp3) is 0.294. The highest BCUT2D eigenvalue weighted by Gasteiger charge is 2.46. The van der Waals surface area contributed by atoms with Crippen molar-refractivity contribution in [2.75, 3.05) is 0 Å². The van der Waals surface area contributed by atoms with Crippen molar-refractivity contribution >= 4 is 23.2 Å². The molecule has 104 valence electrons. The second-order valence-electron chi connectivity index (χ2n) is 5.42. The summed E-state index contributed by atoms with van der Waals surface area (Å²) < 4.78 is 0. The third kappa shape index (κ3) is 2.14. The van der Waals surface area contributed by atoms with Crippen LogP contribution in [0.5, 0.6) is 0 Å². The SMILES string of the molecule is OC(c1cccc(Cl)c1Cl)C1(c2ccccc2)CCC1. The van der Waals surface area contributed by atoms with Gasteiger partial charge in [0.25, 0.3) is 0 Å². The van der Waals surface area contributed by atoms with Gasteiger partial charge in [-0.2, -0.15) is 0 Å². The van der Waals surface area contributed by atoms with Crippen LogP contribution >= 0.6 is 23.2 Å². The summed E-state index contributed by atoms with van der Waals surface area (Å²) in [5.74, 6) is 0. The van der Waals surface area contributed by atoms with Gasteiger partial charge in [-0.3, -0.25) is 0 Å². The second-order valence-corrected chi connectivity index (χ2v) is 6.21. The van der Waals surface area contributed by atoms with E-state index in [4.69, 9.17) is 23.2 Å². The van der Waals surface area contributed by atoms with Crippen LogP contribution in [0.25, 0.3) is 0 Å². The molecular formula is C17H16Cl2O. The molecule has 1 aliphatic rings. The zero-order valence-electron chi connectivity index (χ0n) is 11.0. The van der Waals surface area contributed by atoms with Crippen LogP contribution in [0.15, 0.2) is 48.5 Å². The first-order valence-corrected chi connectivity index (χ1v) is 7.58. The van der Waals surface area contributed by atoms with Crippen molar-refractivity contribution in [1.29, 1.82) is 0 Å². The van der Waals surface area contributed by atoms with E-state index in [0.717, 1.165) is 24.8 Å². The van der Waals surface area contributed by atoms with Crippen LogP contribution in [0, 0.1) is 0 Å². The van der Waals surface area contributed by atoms with E-state index in [-0.39, 0.29) is 5.41 Å². The third-order valence-corrected chi connectivity index (χ3v) is 5.23. The standard InChI is InChI=1S/C17H16Cl2O/c18-14-9-4-8-13(15(14)19)16(20)17(10-5-11-17)12-6-2-1-3-7-12/h1-4,6-9,16,20H,5,10-11H2. The molecule has 0 aromatic heterocycles. The number of halogens is 2. The number of hydrogen-bond donors (Lipinski definition) is 1. The molecule has 2 aromatic carbocycles. The highest BCUT2D eigenvalue weighted by molar-refractivity contribution is 6.42. The predicted octanol–water partition coefficient (Wildman–Crippen LogP) is 5.15. The molecule has 3 rings (SSSR count). The number of aliphatic hydroxyl groups excluding tert-OH is 1. The van der Waals surface area contributed by atoms with Gasteiger partial charge in [0.1, 0.15) is 0 Å². The summed E-state index contributed by atoms with van der Waals surface area (Å²) in [7, 11) is 0. The first kappa shape index (κ1) is 13.9. The molecule has 3 heteroatoms. The molecule has 1 saturated carbocycles. The van der Waals surface area contributed by atoms with Crippen molar-refractivity contribution in [3.63, 3.8) is 0 Å². The Kier molecular flexibility index (Phi) is 3.76. The lowest BCUT2D eigenvalue weighted by atomic mass is 9.60. The Labute approximate surface area is 129 Å². The highest BCUT2D eigenvalue weighted by Crippen LogP contribution is 2.53. The first-order chi connectivity index (χ1) is 9.65. The minimum Gasteiger partial charge on any atom is -0.387 e. The molecule has 0 amide bonds. The molecule has 0 bridgehead atoms. The third-order valence-electron chi connectivity index (χ3n) is 4.39. The maximum Gasteiger partial charge on any atom is 0.0901 e. The molecule has 2 aromatic rings. The van der Waals surface area contributed by atoms with Crippen molar-refractivity contribution < 1.29 is 5.11 Å². The van der Waals surface area contributed by atoms with Gasteiger partial charge in [0, 0.05) is 11.0 Å². The summed E-state index contributed by atoms with van der Waals surface area (Å²) in [4.78, 5) is 0. The molecule has 1 atom stereocenters. The fourth-order valence-electron chi connectivity index (χ4n) is 3.08. The van der Waals surface area contributed by atoms with E-state index in [0.29, 0.717) is 10.0 Å². The van der Waals surface area contributed by atoms with E-state index in [1.165, 1.54) is 5.56 Å². The van der Waals surface area contributed by atoms with Crippen molar-refractivity contribution in [2.24, 2.45) is 0 Å². The van der Waals surface area contributed by atoms with Crippen LogP contribution < -0.4 is 0 Å². The van der Waals surface area contributed by atoms with Crippen molar-refractivity contribution in [1.82, 2.24) is 0 Å². The van der Waals surface area contributed by atoms with Crippen molar-refractivity contribution in [3.8, 4) is 0 Å². The Hall–Kier alpha value is -1.02. The Morgan fingerprint density at radius 3 is 2.25 bits per heavy atom. The van der Waals surface area contributed by atoms with Crippen molar-refractivity contribution in [3.05, 3.63) is 69.7 Å². The highest BCUT2D eigenvalue weighted by atomic mass is 35.5. The molecule has 0 heterocycles. The predicted molar refractivity (Wildman–Crippen MR) is 83.4 cm³/mol. The summed E-state index contributed by atoms with van der Waals surface area (Å²) in [6.07, 6.45) is 2.46. The maximum atomic E-state index is 10.9. The van der Waals surface area contributed by atoms with E-state index in [1.54, 1.807) is 6.07 Å². The van der Waals surface area contributed by atoms with Crippen molar-refractivity contribution in [2.45, 2.75) is 30.8 Å². The van der Waals surface area contributed by atoms with Crippen LogP contribution in [0.2, 0.25) is 10.0 Å². The molecule has 1 fully saturated rings. The summed E-state index contributed by atoms with van der Waals surface area (Å²) in [5, 5.41) is 11.9. The van der Waals surface area contributed by atoms with E-state index in [1.807, 2.05) is 30.3 Å². The topological polar surface area (TPSA) is 20.2 Å². The lowest BCUT2D eigenvalue weighted by Crippen LogP contribution is -2.40. The normalized spacial score (nSPS) is 18.4. The Bertz CT molecular complexity index is 606. The molecule has 0 aliphatic heterocycles. The van der Waals surface area contributed by atoms with Gasteiger partial charge < -0.3 is 5.11 Å². The van der Waals surface area contributed by atoms with E-state index in [2.05, 4.69) is 12.1 Å². The van der Waals surface area contributed by atoms with Gasteiger partial charge >= 0.3 is 0 Å². The molecule has 20 heavy (non-hydrogen) atoms. The maximum absolute atomic E-state index is 10.9. The number of aliphatic hydroxyl groups is 1. The lowest BCUT2D eigenvalue weighted by molar-refractivity contribution is 0.0269. The summed E-state index contributed by atoms with van der Waals surface area (Å²) in [5.41, 5.74) is 1.67. The fourth-order valence-corrected chi connectivity index (χ4v) is 3.49. The molecule has 0 spiro atoms. The molecule has 1 aliphatic carbocycles. The molecule has 0 radical (unpaired) electrons. The van der Waals surface area contributed by atoms with Gasteiger partial charge in [-0.25, -0.2) is 0 Å². The zero-order valence-corrected chi connectivity index (χ0v) is 12.5. The molecular weight excluding hydrogens is 291 g/mol. The Balaban J connectivity index is 2.04. The smallest absolute Gasteiger partial charge is 0.0901 e. The average molecular weight is 307 g/mol. The Morgan fingerprint density at radius 2 is 1.65 bits per heavy atom. The van der Waals surface area contributed by atoms with Gasteiger partial charge in [0.15, 0.2) is 0 Å². The largest absolute Gasteiger partial charge is 0.387 e. The van der Waals surface area contributed by atoms with Crippen LogP contribution in [0.3, 0.4) is 0 Å². The number of hydrogen-bond acceptors (Lipinski definition) is 1. The minimum absolute atomic E-state index is 0.227. The van der Waals surface area contributed by atoms with Gasteiger partial charge in [0.05, 0.1) is 16.1 Å². The monoisotopic (exact) mass is 306 g/mol. The summed E-state index contributed by atoms with van der Waals surface area (Å²) >= 11 is 12.3. The minimum atomic E-state index is -0.621. The second kappa shape index (κ2) is 5.40. The quantitative estimate of drug-likeness (QED) is 0.831. The van der Waals surface area contributed by atoms with Gasteiger partial charge in [-0.05, 0) is 24.5 Å². The summed E-state index contributed by atoms with van der Waals surface area (Å²) in [6.45, 7) is 0. The van der Waals surface area contributed by atoms with Crippen LogP contribution in [0.4, 0.5) is 0 Å². The molecule has 0 saturated heterocycles. The Morgan fingerprint density at radius 1 is 0.950 bits per heavy atom. The molecule has 1 N–H and O–H groups in total. The van der Waals surface area contributed by atoms with Gasteiger partial charge in [0.2, 0.25) is 0 Å². The number of benzene rings is 2. The first-order valence-electron chi connectivity index (χ1n) is 6.83. The van der Waals surface area contributed by atoms with Gasteiger partial charge in [-0.1, -0.05) is 72.1 Å². The average Bonchev–Trinajstić information content (AvgIpc) is 2.42.